The minimum absolute atomic E-state index is 0.165. The minimum Gasteiger partial charge on any atom is -0.286 e. The molecule has 1 heterocycles. The molecular weight excluding hydrogens is 180 g/mol. The molecule has 0 atom stereocenters. The van der Waals surface area contributed by atoms with Gasteiger partial charge in [0.25, 0.3) is 11.8 Å². The van der Waals surface area contributed by atoms with Crippen LogP contribution < -0.4 is 0 Å². The zero-order valence-corrected chi connectivity index (χ0v) is 8.91. The number of hydrogen-bond acceptors (Lipinski definition) is 3. The molecule has 0 aromatic carbocycles. The van der Waals surface area contributed by atoms with Gasteiger partial charge in [0.1, 0.15) is 0 Å². The zero-order valence-electron chi connectivity index (χ0n) is 8.91. The molecule has 0 aliphatic carbocycles. The maximum absolute atomic E-state index is 11.5. The number of rotatable bonds is 4. The molecule has 4 nitrogen and oxygen atoms in total. The fraction of sp³-hybridized carbons (Fsp3) is 0.600. The van der Waals surface area contributed by atoms with E-state index < -0.39 is 0 Å². The number of nitrogens with zero attached hydrogens (tertiary/aromatic N) is 2. The first-order chi connectivity index (χ1) is 6.60. The van der Waals surface area contributed by atoms with Crippen molar-refractivity contribution < 1.29 is 9.59 Å². The fourth-order valence-corrected chi connectivity index (χ4v) is 1.40. The smallest absolute Gasteiger partial charge is 0.257 e. The molecular formula is C10H16N2O2. The summed E-state index contributed by atoms with van der Waals surface area (Å²) in [7, 11) is 0. The molecule has 1 aliphatic rings. The van der Waals surface area contributed by atoms with Gasteiger partial charge in [0.05, 0.1) is 6.67 Å². The molecule has 0 aromatic rings. The summed E-state index contributed by atoms with van der Waals surface area (Å²) in [5, 5.41) is 0. The summed E-state index contributed by atoms with van der Waals surface area (Å²) in [5.74, 6) is -0.360. The van der Waals surface area contributed by atoms with Crippen LogP contribution in [0.1, 0.15) is 20.8 Å². The van der Waals surface area contributed by atoms with E-state index in [1.54, 1.807) is 6.92 Å². The average Bonchev–Trinajstić information content (AvgIpc) is 2.40. The lowest BCUT2D eigenvalue weighted by Gasteiger charge is -2.24. The molecule has 0 saturated heterocycles. The van der Waals surface area contributed by atoms with Crippen molar-refractivity contribution >= 4 is 11.8 Å². The van der Waals surface area contributed by atoms with Crippen molar-refractivity contribution in [3.63, 3.8) is 0 Å². The van der Waals surface area contributed by atoms with Gasteiger partial charge < -0.3 is 0 Å². The Morgan fingerprint density at radius 2 is 1.86 bits per heavy atom. The van der Waals surface area contributed by atoms with Crippen LogP contribution in [0.25, 0.3) is 0 Å². The first kappa shape index (κ1) is 10.9. The Bertz CT molecular complexity index is 280. The molecule has 0 N–H and O–H groups in total. The van der Waals surface area contributed by atoms with Crippen LogP contribution >= 0.6 is 0 Å². The van der Waals surface area contributed by atoms with E-state index in [4.69, 9.17) is 0 Å². The van der Waals surface area contributed by atoms with E-state index in [-0.39, 0.29) is 11.8 Å². The van der Waals surface area contributed by atoms with Crippen LogP contribution in [0, 0.1) is 0 Å². The summed E-state index contributed by atoms with van der Waals surface area (Å²) in [4.78, 5) is 26.2. The summed E-state index contributed by atoms with van der Waals surface area (Å²) in [6.45, 7) is 7.77. The monoisotopic (exact) mass is 196 g/mol. The van der Waals surface area contributed by atoms with Crippen LogP contribution in [0.3, 0.4) is 0 Å². The van der Waals surface area contributed by atoms with E-state index in [1.807, 2.05) is 18.7 Å². The van der Waals surface area contributed by atoms with Crippen molar-refractivity contribution in [2.45, 2.75) is 20.8 Å². The third-order valence-corrected chi connectivity index (χ3v) is 2.42. The van der Waals surface area contributed by atoms with Crippen molar-refractivity contribution in [1.82, 2.24) is 9.80 Å². The first-order valence-corrected chi connectivity index (χ1v) is 4.86. The molecule has 0 radical (unpaired) electrons. The second kappa shape index (κ2) is 4.37. The number of carbonyl (C=O) groups excluding carboxylic acids is 2. The van der Waals surface area contributed by atoms with E-state index in [9.17, 15) is 9.59 Å². The van der Waals surface area contributed by atoms with Gasteiger partial charge >= 0.3 is 0 Å². The lowest BCUT2D eigenvalue weighted by Crippen LogP contribution is -2.41. The van der Waals surface area contributed by atoms with E-state index >= 15 is 0 Å². The van der Waals surface area contributed by atoms with Gasteiger partial charge in [-0.05, 0) is 20.0 Å². The molecule has 0 aromatic heterocycles. The van der Waals surface area contributed by atoms with Gasteiger partial charge in [-0.25, -0.2) is 0 Å². The highest BCUT2D eigenvalue weighted by Gasteiger charge is 2.28. The van der Waals surface area contributed by atoms with Gasteiger partial charge in [0.2, 0.25) is 0 Å². The van der Waals surface area contributed by atoms with Crippen molar-refractivity contribution in [3.05, 3.63) is 11.6 Å². The second-order valence-electron chi connectivity index (χ2n) is 3.34. The second-order valence-corrected chi connectivity index (χ2v) is 3.34. The topological polar surface area (TPSA) is 40.6 Å². The highest BCUT2D eigenvalue weighted by Crippen LogP contribution is 2.12. The number of imide groups is 1. The molecule has 14 heavy (non-hydrogen) atoms. The Morgan fingerprint density at radius 3 is 2.21 bits per heavy atom. The highest BCUT2D eigenvalue weighted by atomic mass is 16.2. The Hall–Kier alpha value is -1.16. The number of carbonyl (C=O) groups is 2. The summed E-state index contributed by atoms with van der Waals surface area (Å²) in [6.07, 6.45) is 1.39. The largest absolute Gasteiger partial charge is 0.286 e. The molecule has 0 fully saturated rings. The van der Waals surface area contributed by atoms with Crippen LogP contribution in [-0.4, -0.2) is 41.4 Å². The standard InChI is InChI=1S/C10H16N2O2/c1-4-11(5-2)7-12-9(13)6-8(3)10(12)14/h6H,4-5,7H2,1-3H3. The molecule has 78 valence electrons. The van der Waals surface area contributed by atoms with Gasteiger partial charge in [-0.15, -0.1) is 0 Å². The number of hydrogen-bond donors (Lipinski definition) is 0. The lowest BCUT2D eigenvalue weighted by molar-refractivity contribution is -0.139. The first-order valence-electron chi connectivity index (χ1n) is 4.86. The summed E-state index contributed by atoms with van der Waals surface area (Å²) < 4.78 is 0. The van der Waals surface area contributed by atoms with E-state index in [0.29, 0.717) is 12.2 Å². The summed E-state index contributed by atoms with van der Waals surface area (Å²) >= 11 is 0. The van der Waals surface area contributed by atoms with E-state index in [2.05, 4.69) is 0 Å². The van der Waals surface area contributed by atoms with E-state index in [1.165, 1.54) is 11.0 Å². The van der Waals surface area contributed by atoms with Crippen LogP contribution in [0.15, 0.2) is 11.6 Å². The molecule has 0 bridgehead atoms. The normalized spacial score (nSPS) is 16.9. The molecule has 1 aliphatic heterocycles. The Labute approximate surface area is 84.2 Å². The van der Waals surface area contributed by atoms with E-state index in [0.717, 1.165) is 13.1 Å². The lowest BCUT2D eigenvalue weighted by atomic mass is 10.3. The van der Waals surface area contributed by atoms with Crippen LogP contribution in [-0.2, 0) is 9.59 Å². The maximum atomic E-state index is 11.5. The van der Waals surface area contributed by atoms with Gasteiger partial charge in [-0.3, -0.25) is 19.4 Å². The zero-order chi connectivity index (χ0) is 10.7. The van der Waals surface area contributed by atoms with Gasteiger partial charge in [0, 0.05) is 11.6 Å². The van der Waals surface area contributed by atoms with Crippen LogP contribution in [0.2, 0.25) is 0 Å². The Balaban J connectivity index is 2.63. The summed E-state index contributed by atoms with van der Waals surface area (Å²) in [6, 6.07) is 0. The molecule has 4 heteroatoms. The highest BCUT2D eigenvalue weighted by molar-refractivity contribution is 6.15. The van der Waals surface area contributed by atoms with Gasteiger partial charge in [0.15, 0.2) is 0 Å². The third-order valence-electron chi connectivity index (χ3n) is 2.42. The fourth-order valence-electron chi connectivity index (χ4n) is 1.40. The Morgan fingerprint density at radius 1 is 1.29 bits per heavy atom. The minimum atomic E-state index is -0.195. The van der Waals surface area contributed by atoms with Crippen LogP contribution in [0.4, 0.5) is 0 Å². The van der Waals surface area contributed by atoms with Crippen molar-refractivity contribution in [1.29, 1.82) is 0 Å². The summed E-state index contributed by atoms with van der Waals surface area (Å²) in [5.41, 5.74) is 0.530. The van der Waals surface area contributed by atoms with Crippen molar-refractivity contribution in [2.75, 3.05) is 19.8 Å². The van der Waals surface area contributed by atoms with Crippen molar-refractivity contribution in [3.8, 4) is 0 Å². The molecule has 0 spiro atoms. The number of amides is 2. The average molecular weight is 196 g/mol. The van der Waals surface area contributed by atoms with Gasteiger partial charge in [-0.2, -0.15) is 0 Å². The molecule has 1 rings (SSSR count). The van der Waals surface area contributed by atoms with Crippen LogP contribution in [0.5, 0.6) is 0 Å². The maximum Gasteiger partial charge on any atom is 0.257 e. The van der Waals surface area contributed by atoms with Crippen molar-refractivity contribution in [2.24, 2.45) is 0 Å². The Kier molecular flexibility index (Phi) is 3.41. The quantitative estimate of drug-likeness (QED) is 0.618. The third kappa shape index (κ3) is 2.01. The van der Waals surface area contributed by atoms with Gasteiger partial charge in [-0.1, -0.05) is 13.8 Å². The predicted octanol–water partition coefficient (Wildman–Crippen LogP) is 0.601. The molecule has 0 unspecified atom stereocenters. The predicted molar refractivity (Wildman–Crippen MR) is 53.4 cm³/mol. The SMILES string of the molecule is CCN(CC)CN1C(=O)C=C(C)C1=O. The molecule has 2 amide bonds. The molecule has 0 saturated carbocycles.